The highest BCUT2D eigenvalue weighted by Gasteiger charge is 2.22. The number of anilines is 3. The number of nitrogens with one attached hydrogen (secondary N) is 2. The Kier molecular flexibility index (Phi) is 6.52. The number of rotatable bonds is 7. The number of ether oxygens (including phenoxy) is 1. The Morgan fingerprint density at radius 2 is 2.03 bits per heavy atom. The summed E-state index contributed by atoms with van der Waals surface area (Å²) in [6.07, 6.45) is 5.26. The zero-order chi connectivity index (χ0) is 22.5. The number of aromatic nitrogens is 4. The molecule has 32 heavy (non-hydrogen) atoms. The maximum Gasteiger partial charge on any atom is 0.158 e. The molecule has 166 valence electrons. The quantitative estimate of drug-likeness (QED) is 0.585. The van der Waals surface area contributed by atoms with Gasteiger partial charge in [-0.05, 0) is 31.5 Å². The summed E-state index contributed by atoms with van der Waals surface area (Å²) in [5.74, 6) is 1.90. The van der Waals surface area contributed by atoms with Crippen LogP contribution >= 0.6 is 0 Å². The lowest BCUT2D eigenvalue weighted by Gasteiger charge is -2.37. The highest BCUT2D eigenvalue weighted by atomic mass is 16.5. The summed E-state index contributed by atoms with van der Waals surface area (Å²) in [5, 5.41) is 19.3. The van der Waals surface area contributed by atoms with Gasteiger partial charge in [0.25, 0.3) is 0 Å². The van der Waals surface area contributed by atoms with Crippen LogP contribution in [0, 0.1) is 11.3 Å². The number of benzene rings is 1. The van der Waals surface area contributed by atoms with E-state index >= 15 is 0 Å². The highest BCUT2D eigenvalue weighted by molar-refractivity contribution is 5.73. The summed E-state index contributed by atoms with van der Waals surface area (Å²) in [4.78, 5) is 13.0. The molecule has 9 heteroatoms. The first-order chi connectivity index (χ1) is 15.6. The molecule has 3 aromatic rings. The molecule has 0 atom stereocenters. The van der Waals surface area contributed by atoms with E-state index in [0.29, 0.717) is 17.7 Å². The van der Waals surface area contributed by atoms with Gasteiger partial charge in [0.2, 0.25) is 0 Å². The van der Waals surface area contributed by atoms with Crippen molar-refractivity contribution in [3.05, 3.63) is 42.4 Å². The minimum Gasteiger partial charge on any atom is -0.496 e. The molecule has 1 saturated heterocycles. The Bertz CT molecular complexity index is 1080. The number of methoxy groups -OCH3 is 1. The Hall–Kier alpha value is -3.64. The summed E-state index contributed by atoms with van der Waals surface area (Å²) in [6, 6.07) is 10.6. The van der Waals surface area contributed by atoms with E-state index in [-0.39, 0.29) is 5.69 Å². The average Bonchev–Trinajstić information content (AvgIpc) is 3.32. The van der Waals surface area contributed by atoms with Gasteiger partial charge in [0.05, 0.1) is 25.2 Å². The topological polar surface area (TPSA) is 106 Å². The van der Waals surface area contributed by atoms with E-state index in [4.69, 9.17) is 10.00 Å². The van der Waals surface area contributed by atoms with Crippen molar-refractivity contribution in [2.75, 3.05) is 44.0 Å². The van der Waals surface area contributed by atoms with Crippen molar-refractivity contribution in [3.8, 4) is 23.1 Å². The summed E-state index contributed by atoms with van der Waals surface area (Å²) in [5.41, 5.74) is 3.17. The SMILES string of the molecule is CCN1CCC(N(C)c2ccc(-c3cc(Nc4cnc(C#N)cn4)n[nH]3)c(OC)c2)CC1. The minimum atomic E-state index is 0.268. The normalized spacial score (nSPS) is 14.7. The van der Waals surface area contributed by atoms with Crippen LogP contribution in [0.4, 0.5) is 17.3 Å². The van der Waals surface area contributed by atoms with Gasteiger partial charge in [-0.15, -0.1) is 0 Å². The third kappa shape index (κ3) is 4.65. The number of hydrogen-bond acceptors (Lipinski definition) is 8. The molecule has 0 unspecified atom stereocenters. The lowest BCUT2D eigenvalue weighted by atomic mass is 10.0. The maximum atomic E-state index is 8.84. The Labute approximate surface area is 188 Å². The Morgan fingerprint density at radius 3 is 2.69 bits per heavy atom. The van der Waals surface area contributed by atoms with Crippen LogP contribution in [-0.2, 0) is 0 Å². The van der Waals surface area contributed by atoms with Crippen molar-refractivity contribution in [3.63, 3.8) is 0 Å². The predicted molar refractivity (Wildman–Crippen MR) is 124 cm³/mol. The van der Waals surface area contributed by atoms with E-state index in [2.05, 4.69) is 67.5 Å². The van der Waals surface area contributed by atoms with Crippen LogP contribution < -0.4 is 15.0 Å². The largest absolute Gasteiger partial charge is 0.496 e. The molecular weight excluding hydrogens is 404 g/mol. The molecule has 0 radical (unpaired) electrons. The molecule has 2 aromatic heterocycles. The molecule has 1 aliphatic heterocycles. The molecule has 0 amide bonds. The molecule has 0 saturated carbocycles. The predicted octanol–water partition coefficient (Wildman–Crippen LogP) is 3.41. The van der Waals surface area contributed by atoms with Crippen molar-refractivity contribution in [1.29, 1.82) is 5.26 Å². The monoisotopic (exact) mass is 432 g/mol. The van der Waals surface area contributed by atoms with E-state index < -0.39 is 0 Å². The van der Waals surface area contributed by atoms with Gasteiger partial charge in [-0.1, -0.05) is 6.92 Å². The van der Waals surface area contributed by atoms with Gasteiger partial charge in [0.1, 0.15) is 17.6 Å². The molecule has 0 aliphatic carbocycles. The van der Waals surface area contributed by atoms with Gasteiger partial charge in [-0.2, -0.15) is 10.4 Å². The van der Waals surface area contributed by atoms with Crippen LogP contribution in [0.25, 0.3) is 11.3 Å². The minimum absolute atomic E-state index is 0.268. The number of H-pyrrole nitrogens is 1. The van der Waals surface area contributed by atoms with Crippen molar-refractivity contribution in [2.24, 2.45) is 0 Å². The van der Waals surface area contributed by atoms with Gasteiger partial charge in [-0.25, -0.2) is 9.97 Å². The van der Waals surface area contributed by atoms with Gasteiger partial charge < -0.3 is 19.9 Å². The first-order valence-corrected chi connectivity index (χ1v) is 10.8. The number of likely N-dealkylation sites (tertiary alicyclic amines) is 1. The number of nitriles is 1. The fourth-order valence-corrected chi connectivity index (χ4v) is 4.06. The second-order valence-corrected chi connectivity index (χ2v) is 7.85. The molecule has 0 bridgehead atoms. The zero-order valence-corrected chi connectivity index (χ0v) is 18.7. The van der Waals surface area contributed by atoms with Gasteiger partial charge in [0.15, 0.2) is 11.5 Å². The summed E-state index contributed by atoms with van der Waals surface area (Å²) in [6.45, 7) is 5.64. The third-order valence-corrected chi connectivity index (χ3v) is 6.03. The second kappa shape index (κ2) is 9.66. The van der Waals surface area contributed by atoms with Gasteiger partial charge >= 0.3 is 0 Å². The average molecular weight is 433 g/mol. The second-order valence-electron chi connectivity index (χ2n) is 7.85. The van der Waals surface area contributed by atoms with Crippen molar-refractivity contribution in [1.82, 2.24) is 25.1 Å². The van der Waals surface area contributed by atoms with Crippen molar-refractivity contribution < 1.29 is 4.74 Å². The van der Waals surface area contributed by atoms with Crippen molar-refractivity contribution >= 4 is 17.3 Å². The van der Waals surface area contributed by atoms with Crippen LogP contribution in [0.5, 0.6) is 5.75 Å². The van der Waals surface area contributed by atoms with Crippen LogP contribution in [0.1, 0.15) is 25.5 Å². The molecule has 1 fully saturated rings. The van der Waals surface area contributed by atoms with Gasteiger partial charge in [-0.3, -0.25) is 5.10 Å². The van der Waals surface area contributed by atoms with E-state index in [1.807, 2.05) is 12.1 Å². The number of hydrogen-bond donors (Lipinski definition) is 2. The first-order valence-electron chi connectivity index (χ1n) is 10.8. The lowest BCUT2D eigenvalue weighted by Crippen LogP contribution is -2.43. The zero-order valence-electron chi connectivity index (χ0n) is 18.7. The number of nitrogens with zero attached hydrogens (tertiary/aromatic N) is 6. The fraction of sp³-hybridized carbons (Fsp3) is 0.391. The van der Waals surface area contributed by atoms with E-state index in [1.165, 1.54) is 25.2 Å². The van der Waals surface area contributed by atoms with Gasteiger partial charge in [0, 0.05) is 49.6 Å². The molecule has 1 aromatic carbocycles. The van der Waals surface area contributed by atoms with E-state index in [9.17, 15) is 0 Å². The lowest BCUT2D eigenvalue weighted by molar-refractivity contribution is 0.221. The molecule has 4 rings (SSSR count). The van der Waals surface area contributed by atoms with Crippen LogP contribution in [-0.4, -0.2) is 64.9 Å². The first kappa shape index (κ1) is 21.6. The molecule has 1 aliphatic rings. The summed E-state index contributed by atoms with van der Waals surface area (Å²) in [7, 11) is 3.85. The molecule has 9 nitrogen and oxygen atoms in total. The third-order valence-electron chi connectivity index (χ3n) is 6.03. The molecule has 3 heterocycles. The molecule has 2 N–H and O–H groups in total. The Balaban J connectivity index is 1.49. The fourth-order valence-electron chi connectivity index (χ4n) is 4.06. The van der Waals surface area contributed by atoms with E-state index in [0.717, 1.165) is 42.3 Å². The smallest absolute Gasteiger partial charge is 0.158 e. The van der Waals surface area contributed by atoms with Crippen LogP contribution in [0.3, 0.4) is 0 Å². The molecule has 0 spiro atoms. The van der Waals surface area contributed by atoms with Crippen molar-refractivity contribution in [2.45, 2.75) is 25.8 Å². The Morgan fingerprint density at radius 1 is 1.22 bits per heavy atom. The molecular formula is C23H28N8O. The maximum absolute atomic E-state index is 8.84. The number of aromatic amines is 1. The highest BCUT2D eigenvalue weighted by Crippen LogP contribution is 2.34. The summed E-state index contributed by atoms with van der Waals surface area (Å²) < 4.78 is 5.71. The van der Waals surface area contributed by atoms with E-state index in [1.54, 1.807) is 7.11 Å². The summed E-state index contributed by atoms with van der Waals surface area (Å²) >= 11 is 0. The van der Waals surface area contributed by atoms with Crippen LogP contribution in [0.15, 0.2) is 36.7 Å². The standard InChI is InChI=1S/C23H28N8O/c1-4-31-9-7-17(8-10-31)30(2)18-5-6-19(21(11-18)32-3)20-12-22(29-28-20)27-23-15-25-16(13-24)14-26-23/h5-6,11-12,14-15,17H,4,7-10H2,1-3H3,(H2,26,27,28,29). The number of piperidine rings is 1. The van der Waals surface area contributed by atoms with Crippen LogP contribution in [0.2, 0.25) is 0 Å².